The van der Waals surface area contributed by atoms with Crippen LogP contribution in [0.5, 0.6) is 0 Å². The Bertz CT molecular complexity index is 569. The third kappa shape index (κ3) is 2.96. The van der Waals surface area contributed by atoms with Gasteiger partial charge in [-0.3, -0.25) is 14.9 Å². The van der Waals surface area contributed by atoms with Gasteiger partial charge in [-0.2, -0.15) is 0 Å². The Balaban J connectivity index is 2.27. The van der Waals surface area contributed by atoms with Crippen LogP contribution in [-0.4, -0.2) is 28.8 Å². The van der Waals surface area contributed by atoms with Crippen LogP contribution in [0, 0.1) is 21.8 Å². The standard InChI is InChI=1S/C14H18FN3O3/c1-2-9-5-7-17(8-6-9)14(19)12-10(15)3-4-11(13(12)16)18(20)21/h3-4,9H,2,5-8,16H2,1H3. The number of nitro groups is 1. The van der Waals surface area contributed by atoms with Crippen LogP contribution in [0.2, 0.25) is 0 Å². The van der Waals surface area contributed by atoms with E-state index in [-0.39, 0.29) is 5.56 Å². The van der Waals surface area contributed by atoms with Crippen molar-refractivity contribution in [3.8, 4) is 0 Å². The number of amides is 1. The Morgan fingerprint density at radius 1 is 1.48 bits per heavy atom. The maximum Gasteiger partial charge on any atom is 0.293 e. The lowest BCUT2D eigenvalue weighted by molar-refractivity contribution is -0.384. The lowest BCUT2D eigenvalue weighted by Crippen LogP contribution is -2.39. The lowest BCUT2D eigenvalue weighted by atomic mass is 9.94. The summed E-state index contributed by atoms with van der Waals surface area (Å²) in [6.07, 6.45) is 2.77. The zero-order valence-corrected chi connectivity index (χ0v) is 11.8. The second-order valence-electron chi connectivity index (χ2n) is 5.26. The van der Waals surface area contributed by atoms with Crippen molar-refractivity contribution >= 4 is 17.3 Å². The van der Waals surface area contributed by atoms with Gasteiger partial charge in [0.1, 0.15) is 17.1 Å². The van der Waals surface area contributed by atoms with Gasteiger partial charge in [-0.15, -0.1) is 0 Å². The normalized spacial score (nSPS) is 16.0. The number of hydrogen-bond acceptors (Lipinski definition) is 4. The quantitative estimate of drug-likeness (QED) is 0.527. The summed E-state index contributed by atoms with van der Waals surface area (Å²) in [5.74, 6) is -0.815. The number of hydrogen-bond donors (Lipinski definition) is 1. The van der Waals surface area contributed by atoms with Crippen LogP contribution in [0.4, 0.5) is 15.8 Å². The molecule has 0 aliphatic carbocycles. The highest BCUT2D eigenvalue weighted by molar-refractivity contribution is 6.01. The molecule has 21 heavy (non-hydrogen) atoms. The number of likely N-dealkylation sites (tertiary alicyclic amines) is 1. The van der Waals surface area contributed by atoms with Gasteiger partial charge in [0.2, 0.25) is 0 Å². The molecule has 1 aromatic carbocycles. The molecule has 0 aromatic heterocycles. The van der Waals surface area contributed by atoms with Crippen LogP contribution in [0.15, 0.2) is 12.1 Å². The number of nitrogen functional groups attached to an aromatic ring is 1. The summed E-state index contributed by atoms with van der Waals surface area (Å²) in [7, 11) is 0. The van der Waals surface area contributed by atoms with Crippen LogP contribution in [0.1, 0.15) is 36.5 Å². The average molecular weight is 295 g/mol. The number of nitro benzene ring substituents is 1. The first-order valence-corrected chi connectivity index (χ1v) is 6.97. The van der Waals surface area contributed by atoms with Crippen molar-refractivity contribution in [2.24, 2.45) is 5.92 Å². The molecular formula is C14H18FN3O3. The highest BCUT2D eigenvalue weighted by Crippen LogP contribution is 2.30. The number of rotatable bonds is 3. The largest absolute Gasteiger partial charge is 0.392 e. The van der Waals surface area contributed by atoms with Crippen molar-refractivity contribution in [3.63, 3.8) is 0 Å². The first-order valence-electron chi connectivity index (χ1n) is 6.97. The Labute approximate surface area is 121 Å². The summed E-state index contributed by atoms with van der Waals surface area (Å²) in [6.45, 7) is 3.15. The number of piperidine rings is 1. The first-order chi connectivity index (χ1) is 9.95. The molecule has 114 valence electrons. The molecule has 0 saturated carbocycles. The van der Waals surface area contributed by atoms with Crippen molar-refractivity contribution in [3.05, 3.63) is 33.6 Å². The van der Waals surface area contributed by atoms with Gasteiger partial charge in [-0.1, -0.05) is 13.3 Å². The molecule has 0 radical (unpaired) electrons. The smallest absolute Gasteiger partial charge is 0.293 e. The van der Waals surface area contributed by atoms with Crippen LogP contribution in [0.3, 0.4) is 0 Å². The zero-order chi connectivity index (χ0) is 15.6. The summed E-state index contributed by atoms with van der Waals surface area (Å²) >= 11 is 0. The Morgan fingerprint density at radius 3 is 2.62 bits per heavy atom. The van der Waals surface area contributed by atoms with Crippen LogP contribution in [-0.2, 0) is 0 Å². The summed E-state index contributed by atoms with van der Waals surface area (Å²) < 4.78 is 13.9. The zero-order valence-electron chi connectivity index (χ0n) is 11.8. The SMILES string of the molecule is CCC1CCN(C(=O)c2c(F)ccc([N+](=O)[O-])c2N)CC1. The van der Waals surface area contributed by atoms with Gasteiger partial charge < -0.3 is 10.6 Å². The molecule has 2 rings (SSSR count). The highest BCUT2D eigenvalue weighted by atomic mass is 19.1. The summed E-state index contributed by atoms with van der Waals surface area (Å²) in [5, 5.41) is 10.8. The van der Waals surface area contributed by atoms with E-state index in [2.05, 4.69) is 6.92 Å². The van der Waals surface area contributed by atoms with Gasteiger partial charge >= 0.3 is 0 Å². The van der Waals surface area contributed by atoms with E-state index in [0.29, 0.717) is 19.0 Å². The van der Waals surface area contributed by atoms with Crippen molar-refractivity contribution in [1.82, 2.24) is 4.90 Å². The number of nitrogens with zero attached hydrogens (tertiary/aromatic N) is 2. The fourth-order valence-corrected chi connectivity index (χ4v) is 2.66. The Hall–Kier alpha value is -2.18. The van der Waals surface area contributed by atoms with Crippen molar-refractivity contribution in [2.75, 3.05) is 18.8 Å². The van der Waals surface area contributed by atoms with E-state index in [0.717, 1.165) is 31.4 Å². The van der Waals surface area contributed by atoms with E-state index >= 15 is 0 Å². The first kappa shape index (κ1) is 15.2. The van der Waals surface area contributed by atoms with Gasteiger partial charge in [-0.25, -0.2) is 4.39 Å². The topological polar surface area (TPSA) is 89.5 Å². The van der Waals surface area contributed by atoms with E-state index in [1.165, 1.54) is 4.90 Å². The molecular weight excluding hydrogens is 277 g/mol. The third-order valence-corrected chi connectivity index (χ3v) is 4.06. The highest BCUT2D eigenvalue weighted by Gasteiger charge is 2.29. The monoisotopic (exact) mass is 295 g/mol. The molecule has 1 aromatic rings. The van der Waals surface area contributed by atoms with Crippen LogP contribution < -0.4 is 5.73 Å². The van der Waals surface area contributed by atoms with Gasteiger partial charge in [0.15, 0.2) is 0 Å². The predicted octanol–water partition coefficient (Wildman–Crippen LogP) is 2.58. The maximum absolute atomic E-state index is 13.9. The molecule has 6 nitrogen and oxygen atoms in total. The molecule has 1 saturated heterocycles. The van der Waals surface area contributed by atoms with Gasteiger partial charge in [-0.05, 0) is 24.8 Å². The molecule has 1 fully saturated rings. The van der Waals surface area contributed by atoms with E-state index in [4.69, 9.17) is 5.73 Å². The molecule has 1 amide bonds. The second kappa shape index (κ2) is 6.07. The molecule has 1 heterocycles. The number of carbonyl (C=O) groups is 1. The number of carbonyl (C=O) groups excluding carboxylic acids is 1. The second-order valence-corrected chi connectivity index (χ2v) is 5.26. The fraction of sp³-hybridized carbons (Fsp3) is 0.500. The number of anilines is 1. The minimum Gasteiger partial charge on any atom is -0.392 e. The van der Waals surface area contributed by atoms with Gasteiger partial charge in [0, 0.05) is 19.2 Å². The van der Waals surface area contributed by atoms with Gasteiger partial charge in [0.05, 0.1) is 4.92 Å². The summed E-state index contributed by atoms with van der Waals surface area (Å²) in [6, 6.07) is 1.89. The number of benzene rings is 1. The molecule has 1 aliphatic rings. The number of halogens is 1. The summed E-state index contributed by atoms with van der Waals surface area (Å²) in [5.41, 5.74) is 4.39. The molecule has 0 bridgehead atoms. The van der Waals surface area contributed by atoms with E-state index in [1.54, 1.807) is 0 Å². The molecule has 7 heteroatoms. The van der Waals surface area contributed by atoms with Crippen LogP contribution in [0.25, 0.3) is 0 Å². The Morgan fingerprint density at radius 2 is 2.10 bits per heavy atom. The number of nitrogens with two attached hydrogens (primary N) is 1. The predicted molar refractivity (Wildman–Crippen MR) is 76.4 cm³/mol. The van der Waals surface area contributed by atoms with Crippen molar-refractivity contribution in [2.45, 2.75) is 26.2 Å². The maximum atomic E-state index is 13.9. The van der Waals surface area contributed by atoms with E-state index in [9.17, 15) is 19.3 Å². The Kier molecular flexibility index (Phi) is 4.40. The minimum absolute atomic E-state index is 0.390. The fourth-order valence-electron chi connectivity index (χ4n) is 2.66. The molecule has 2 N–H and O–H groups in total. The van der Waals surface area contributed by atoms with E-state index < -0.39 is 28.0 Å². The van der Waals surface area contributed by atoms with Gasteiger partial charge in [0.25, 0.3) is 11.6 Å². The minimum atomic E-state index is -0.819. The molecule has 0 unspecified atom stereocenters. The third-order valence-electron chi connectivity index (χ3n) is 4.06. The average Bonchev–Trinajstić information content (AvgIpc) is 2.46. The van der Waals surface area contributed by atoms with Crippen molar-refractivity contribution in [1.29, 1.82) is 0 Å². The molecule has 0 atom stereocenters. The lowest BCUT2D eigenvalue weighted by Gasteiger charge is -2.31. The van der Waals surface area contributed by atoms with Crippen LogP contribution >= 0.6 is 0 Å². The summed E-state index contributed by atoms with van der Waals surface area (Å²) in [4.78, 5) is 24.0. The molecule has 0 spiro atoms. The van der Waals surface area contributed by atoms with E-state index in [1.807, 2.05) is 0 Å². The molecule has 1 aliphatic heterocycles. The van der Waals surface area contributed by atoms with Crippen molar-refractivity contribution < 1.29 is 14.1 Å².